The Bertz CT molecular complexity index is 1100. The molecule has 1 aliphatic rings. The summed E-state index contributed by atoms with van der Waals surface area (Å²) in [5, 5.41) is 5.04. The van der Waals surface area contributed by atoms with Gasteiger partial charge in [0.1, 0.15) is 5.75 Å². The van der Waals surface area contributed by atoms with E-state index in [-0.39, 0.29) is 0 Å². The van der Waals surface area contributed by atoms with Crippen molar-refractivity contribution in [3.05, 3.63) is 59.7 Å². The van der Waals surface area contributed by atoms with E-state index in [0.29, 0.717) is 28.3 Å². The molecule has 0 radical (unpaired) electrons. The van der Waals surface area contributed by atoms with Crippen molar-refractivity contribution in [2.24, 2.45) is 16.6 Å². The number of ether oxygens (including phenoxy) is 1. The number of carbonyl (C=O) groups is 3. The molecule has 0 saturated heterocycles. The third-order valence-corrected chi connectivity index (χ3v) is 5.18. The molecule has 2 unspecified atom stereocenters. The molecule has 2 aromatic rings. The zero-order valence-corrected chi connectivity index (χ0v) is 18.2. The summed E-state index contributed by atoms with van der Waals surface area (Å²) in [6, 6.07) is 13.9. The number of methoxy groups -OCH3 is 1. The van der Waals surface area contributed by atoms with Crippen molar-refractivity contribution in [1.29, 1.82) is 0 Å². The summed E-state index contributed by atoms with van der Waals surface area (Å²) in [7, 11) is 1.43. The van der Waals surface area contributed by atoms with E-state index in [9.17, 15) is 27.6 Å². The Morgan fingerprint density at radius 1 is 1.18 bits per heavy atom. The van der Waals surface area contributed by atoms with Crippen LogP contribution in [0.4, 0.5) is 18.9 Å². The van der Waals surface area contributed by atoms with Crippen LogP contribution in [0.5, 0.6) is 5.75 Å². The normalized spacial score (nSPS) is 16.4. The van der Waals surface area contributed by atoms with E-state index in [1.54, 1.807) is 48.5 Å². The number of halogens is 3. The van der Waals surface area contributed by atoms with E-state index in [2.05, 4.69) is 15.6 Å². The van der Waals surface area contributed by atoms with E-state index in [1.165, 1.54) is 7.11 Å². The number of aliphatic imine (C=N–C) groups is 1. The lowest BCUT2D eigenvalue weighted by molar-refractivity contribution is -0.143. The summed E-state index contributed by atoms with van der Waals surface area (Å²) in [6.07, 6.45) is -8.53. The predicted octanol–water partition coefficient (Wildman–Crippen LogP) is 2.76. The quantitative estimate of drug-likeness (QED) is 0.542. The van der Waals surface area contributed by atoms with Crippen molar-refractivity contribution in [3.63, 3.8) is 0 Å². The van der Waals surface area contributed by atoms with Crippen LogP contribution in [0.15, 0.2) is 53.5 Å². The highest BCUT2D eigenvalue weighted by Gasteiger charge is 2.34. The molecule has 8 nitrogen and oxygen atoms in total. The van der Waals surface area contributed by atoms with Crippen molar-refractivity contribution in [2.75, 3.05) is 12.4 Å². The number of hydrogen-bond acceptors (Lipinski definition) is 5. The molecule has 180 valence electrons. The molecular weight excluding hydrogens is 453 g/mol. The first-order valence-corrected chi connectivity index (χ1v) is 10.4. The Morgan fingerprint density at radius 2 is 1.88 bits per heavy atom. The number of nitrogens with zero attached hydrogens (tertiary/aromatic N) is 1. The number of anilines is 1. The summed E-state index contributed by atoms with van der Waals surface area (Å²) in [5.41, 5.74) is 6.98. The first kappa shape index (κ1) is 24.7. The maximum atomic E-state index is 13.0. The first-order valence-electron chi connectivity index (χ1n) is 10.4. The number of alkyl halides is 3. The minimum absolute atomic E-state index is 0.333. The van der Waals surface area contributed by atoms with Crippen LogP contribution >= 0.6 is 0 Å². The number of fused-ring (bicyclic) bond motifs is 1. The number of primary amides is 1. The number of hydrogen-bond donors (Lipinski definition) is 3. The molecule has 0 spiro atoms. The zero-order valence-electron chi connectivity index (χ0n) is 18.2. The SMILES string of the molecule is COc1cccc2c1NC(=O)C(NC(=O)C(CCC(F)(F)F)CC(N)=O)N=C2c1ccccc1. The number of para-hydroxylation sites is 1. The van der Waals surface area contributed by atoms with Gasteiger partial charge in [-0.3, -0.25) is 14.4 Å². The fourth-order valence-electron chi connectivity index (χ4n) is 3.56. The molecule has 0 aromatic heterocycles. The highest BCUT2D eigenvalue weighted by molar-refractivity contribution is 6.20. The fourth-order valence-corrected chi connectivity index (χ4v) is 3.56. The van der Waals surface area contributed by atoms with Gasteiger partial charge in [-0.15, -0.1) is 0 Å². The van der Waals surface area contributed by atoms with E-state index in [4.69, 9.17) is 10.5 Å². The minimum Gasteiger partial charge on any atom is -0.495 e. The van der Waals surface area contributed by atoms with Crippen LogP contribution in [-0.4, -0.2) is 42.9 Å². The molecular formula is C23H23F3N4O4. The fraction of sp³-hybridized carbons (Fsp3) is 0.304. The van der Waals surface area contributed by atoms with Crippen molar-refractivity contribution in [3.8, 4) is 5.75 Å². The Labute approximate surface area is 193 Å². The maximum absolute atomic E-state index is 13.0. The number of benzene rings is 2. The molecule has 2 atom stereocenters. The number of nitrogens with one attached hydrogen (secondary N) is 2. The molecule has 34 heavy (non-hydrogen) atoms. The molecule has 3 rings (SSSR count). The lowest BCUT2D eigenvalue weighted by atomic mass is 9.97. The van der Waals surface area contributed by atoms with Gasteiger partial charge in [0.2, 0.25) is 18.0 Å². The van der Waals surface area contributed by atoms with Gasteiger partial charge >= 0.3 is 6.18 Å². The second-order valence-corrected chi connectivity index (χ2v) is 7.65. The van der Waals surface area contributed by atoms with Gasteiger partial charge in [-0.1, -0.05) is 42.5 Å². The Balaban J connectivity index is 1.97. The molecule has 0 fully saturated rings. The second kappa shape index (κ2) is 10.4. The zero-order chi connectivity index (χ0) is 24.9. The van der Waals surface area contributed by atoms with E-state index >= 15 is 0 Å². The molecule has 2 aromatic carbocycles. The van der Waals surface area contributed by atoms with E-state index in [1.807, 2.05) is 0 Å². The van der Waals surface area contributed by atoms with Gasteiger partial charge in [0, 0.05) is 29.9 Å². The monoisotopic (exact) mass is 476 g/mol. The molecule has 0 saturated carbocycles. The van der Waals surface area contributed by atoms with Crippen LogP contribution in [0.25, 0.3) is 0 Å². The topological polar surface area (TPSA) is 123 Å². The predicted molar refractivity (Wildman–Crippen MR) is 118 cm³/mol. The molecule has 0 bridgehead atoms. The van der Waals surface area contributed by atoms with Gasteiger partial charge in [0.05, 0.1) is 18.5 Å². The van der Waals surface area contributed by atoms with Gasteiger partial charge in [0.25, 0.3) is 5.91 Å². The van der Waals surface area contributed by atoms with Gasteiger partial charge in [-0.25, -0.2) is 4.99 Å². The highest BCUT2D eigenvalue weighted by atomic mass is 19.4. The molecule has 1 aliphatic heterocycles. The first-order chi connectivity index (χ1) is 16.1. The molecule has 3 amide bonds. The third-order valence-electron chi connectivity index (χ3n) is 5.18. The largest absolute Gasteiger partial charge is 0.495 e. The number of amides is 3. The summed E-state index contributed by atoms with van der Waals surface area (Å²) in [4.78, 5) is 41.5. The Hall–Kier alpha value is -3.89. The van der Waals surface area contributed by atoms with Gasteiger partial charge in [0.15, 0.2) is 0 Å². The lowest BCUT2D eigenvalue weighted by Gasteiger charge is -2.19. The second-order valence-electron chi connectivity index (χ2n) is 7.65. The van der Waals surface area contributed by atoms with Crippen molar-refractivity contribution < 1.29 is 32.3 Å². The summed E-state index contributed by atoms with van der Waals surface area (Å²) < 4.78 is 43.5. The maximum Gasteiger partial charge on any atom is 0.389 e. The number of rotatable bonds is 8. The van der Waals surface area contributed by atoms with Gasteiger partial charge < -0.3 is 21.1 Å². The molecule has 4 N–H and O–H groups in total. The number of benzodiazepines with no additional fused rings is 1. The van der Waals surface area contributed by atoms with Crippen molar-refractivity contribution >= 4 is 29.1 Å². The molecule has 11 heteroatoms. The minimum atomic E-state index is -4.52. The third kappa shape index (κ3) is 6.12. The van der Waals surface area contributed by atoms with Crippen molar-refractivity contribution in [1.82, 2.24) is 5.32 Å². The van der Waals surface area contributed by atoms with Crippen LogP contribution in [-0.2, 0) is 14.4 Å². The summed E-state index contributed by atoms with van der Waals surface area (Å²) >= 11 is 0. The standard InChI is InChI=1S/C23H23F3N4O4/c1-34-16-9-5-8-15-18(13-6-3-2-4-7-13)28-20(22(33)29-19(15)16)30-21(32)14(12-17(27)31)10-11-23(24,25)26/h2-9,14,20H,10-12H2,1H3,(H2,27,31)(H,29,33)(H,30,32). The van der Waals surface area contributed by atoms with Crippen LogP contribution in [0.2, 0.25) is 0 Å². The van der Waals surface area contributed by atoms with Crippen LogP contribution in [0.1, 0.15) is 30.4 Å². The smallest absolute Gasteiger partial charge is 0.389 e. The van der Waals surface area contributed by atoms with Gasteiger partial charge in [-0.05, 0) is 12.5 Å². The Morgan fingerprint density at radius 3 is 2.50 bits per heavy atom. The summed E-state index contributed by atoms with van der Waals surface area (Å²) in [5.74, 6) is -3.60. The highest BCUT2D eigenvalue weighted by Crippen LogP contribution is 2.33. The van der Waals surface area contributed by atoms with Gasteiger partial charge in [-0.2, -0.15) is 13.2 Å². The summed E-state index contributed by atoms with van der Waals surface area (Å²) in [6.45, 7) is 0. The Kier molecular flexibility index (Phi) is 7.54. The molecule has 0 aliphatic carbocycles. The average molecular weight is 476 g/mol. The number of carbonyl (C=O) groups excluding carboxylic acids is 3. The van der Waals surface area contributed by atoms with Crippen molar-refractivity contribution in [2.45, 2.75) is 31.6 Å². The lowest BCUT2D eigenvalue weighted by Crippen LogP contribution is -2.45. The number of nitrogens with two attached hydrogens (primary N) is 1. The van der Waals surface area contributed by atoms with Crippen LogP contribution in [0, 0.1) is 5.92 Å². The van der Waals surface area contributed by atoms with E-state index in [0.717, 1.165) is 0 Å². The molecule has 1 heterocycles. The average Bonchev–Trinajstić information content (AvgIpc) is 2.92. The van der Waals surface area contributed by atoms with E-state index < -0.39 is 55.2 Å². The van der Waals surface area contributed by atoms with Crippen LogP contribution in [0.3, 0.4) is 0 Å². The van der Waals surface area contributed by atoms with Crippen LogP contribution < -0.4 is 21.1 Å².